The number of hydrogen-bond acceptors (Lipinski definition) is 2. The van der Waals surface area contributed by atoms with E-state index in [4.69, 9.17) is 0 Å². The van der Waals surface area contributed by atoms with Crippen LogP contribution in [0.1, 0.15) is 47.3 Å². The Morgan fingerprint density at radius 2 is 1.41 bits per heavy atom. The van der Waals surface area contributed by atoms with Gasteiger partial charge >= 0.3 is 0 Å². The van der Waals surface area contributed by atoms with Crippen molar-refractivity contribution in [3.63, 3.8) is 0 Å². The van der Waals surface area contributed by atoms with Crippen LogP contribution in [0.25, 0.3) is 5.57 Å². The molecule has 0 spiro atoms. The van der Waals surface area contributed by atoms with Gasteiger partial charge in [0, 0.05) is 23.9 Å². The number of amides is 1. The predicted molar refractivity (Wildman–Crippen MR) is 118 cm³/mol. The molecule has 0 saturated carbocycles. The Labute approximate surface area is 172 Å². The van der Waals surface area contributed by atoms with Crippen LogP contribution in [0.4, 0.5) is 0 Å². The highest BCUT2D eigenvalue weighted by Crippen LogP contribution is 2.42. The second-order valence-corrected chi connectivity index (χ2v) is 7.30. The highest BCUT2D eigenvalue weighted by molar-refractivity contribution is 5.96. The summed E-state index contributed by atoms with van der Waals surface area (Å²) in [5.74, 6) is 0.00793. The summed E-state index contributed by atoms with van der Waals surface area (Å²) in [5, 5.41) is 4.04. The zero-order valence-corrected chi connectivity index (χ0v) is 16.7. The highest BCUT2D eigenvalue weighted by Gasteiger charge is 2.37. The van der Waals surface area contributed by atoms with Gasteiger partial charge in [0.2, 0.25) is 0 Å². The standard InChI is InChI=1S/C26H26N2O/c1-2-3-19-27-25(22-15-9-5-10-16-22)24(21-13-7-4-8-14-21)20-28(27)26(29)23-17-11-6-12-18-23/h4-18,20,25H,2-3,19H2,1H3/t25-/m1/s1. The maximum absolute atomic E-state index is 13.4. The zero-order valence-electron chi connectivity index (χ0n) is 16.7. The Hall–Kier alpha value is -3.17. The highest BCUT2D eigenvalue weighted by atomic mass is 16.2. The summed E-state index contributed by atoms with van der Waals surface area (Å²) in [7, 11) is 0. The third-order valence-corrected chi connectivity index (χ3v) is 5.32. The molecule has 146 valence electrons. The fraction of sp³-hybridized carbons (Fsp3) is 0.192. The van der Waals surface area contributed by atoms with Gasteiger partial charge in [-0.3, -0.25) is 4.79 Å². The van der Waals surface area contributed by atoms with Crippen molar-refractivity contribution in [2.24, 2.45) is 0 Å². The van der Waals surface area contributed by atoms with Gasteiger partial charge in [-0.1, -0.05) is 92.2 Å². The molecule has 3 aromatic carbocycles. The van der Waals surface area contributed by atoms with E-state index in [0.29, 0.717) is 5.56 Å². The molecular weight excluding hydrogens is 356 g/mol. The van der Waals surface area contributed by atoms with Crippen LogP contribution in [-0.4, -0.2) is 22.5 Å². The van der Waals surface area contributed by atoms with Crippen LogP contribution in [0, 0.1) is 0 Å². The molecular formula is C26H26N2O. The summed E-state index contributed by atoms with van der Waals surface area (Å²) in [6.07, 6.45) is 4.13. The second kappa shape index (κ2) is 8.89. The topological polar surface area (TPSA) is 23.6 Å². The monoisotopic (exact) mass is 382 g/mol. The van der Waals surface area contributed by atoms with Crippen LogP contribution < -0.4 is 0 Å². The van der Waals surface area contributed by atoms with Crippen molar-refractivity contribution < 1.29 is 4.79 Å². The first kappa shape index (κ1) is 19.2. The first-order valence-electron chi connectivity index (χ1n) is 10.3. The minimum absolute atomic E-state index is 0.00793. The molecule has 0 aliphatic carbocycles. The Morgan fingerprint density at radius 3 is 2.03 bits per heavy atom. The molecule has 1 heterocycles. The van der Waals surface area contributed by atoms with Crippen LogP contribution in [0.15, 0.2) is 97.2 Å². The summed E-state index contributed by atoms with van der Waals surface area (Å²) in [4.78, 5) is 13.4. The normalized spacial score (nSPS) is 16.7. The summed E-state index contributed by atoms with van der Waals surface area (Å²) in [5.41, 5.74) is 4.19. The predicted octanol–water partition coefficient (Wildman–Crippen LogP) is 5.94. The quantitative estimate of drug-likeness (QED) is 0.526. The maximum atomic E-state index is 13.4. The molecule has 3 nitrogen and oxygen atoms in total. The van der Waals surface area contributed by atoms with E-state index < -0.39 is 0 Å². The molecule has 1 aliphatic rings. The van der Waals surface area contributed by atoms with E-state index in [-0.39, 0.29) is 11.9 Å². The summed E-state index contributed by atoms with van der Waals surface area (Å²) >= 11 is 0. The fourth-order valence-corrected chi connectivity index (χ4v) is 3.86. The number of hydrogen-bond donors (Lipinski definition) is 0. The molecule has 0 fully saturated rings. The SMILES string of the molecule is CCCCN1[C@H](c2ccccc2)C(c2ccccc2)=CN1C(=O)c1ccccc1. The lowest BCUT2D eigenvalue weighted by Crippen LogP contribution is -2.41. The minimum Gasteiger partial charge on any atom is -0.267 e. The molecule has 0 aromatic heterocycles. The Bertz CT molecular complexity index is 967. The number of rotatable bonds is 6. The van der Waals surface area contributed by atoms with Gasteiger partial charge in [0.15, 0.2) is 0 Å². The van der Waals surface area contributed by atoms with Crippen molar-refractivity contribution in [3.8, 4) is 0 Å². The maximum Gasteiger partial charge on any atom is 0.272 e. The summed E-state index contributed by atoms with van der Waals surface area (Å²) in [6, 6.07) is 30.4. The average Bonchev–Trinajstić information content (AvgIpc) is 3.18. The number of unbranched alkanes of at least 4 members (excludes halogenated alkanes) is 1. The van der Waals surface area contributed by atoms with E-state index in [1.54, 1.807) is 0 Å². The van der Waals surface area contributed by atoms with Crippen LogP contribution >= 0.6 is 0 Å². The molecule has 1 amide bonds. The average molecular weight is 383 g/mol. The molecule has 0 unspecified atom stereocenters. The van der Waals surface area contributed by atoms with E-state index >= 15 is 0 Å². The molecule has 1 aliphatic heterocycles. The van der Waals surface area contributed by atoms with E-state index in [1.165, 1.54) is 5.56 Å². The van der Waals surface area contributed by atoms with E-state index in [2.05, 4.69) is 60.5 Å². The molecule has 3 heteroatoms. The van der Waals surface area contributed by atoms with Crippen LogP contribution in [0.2, 0.25) is 0 Å². The van der Waals surface area contributed by atoms with Crippen molar-refractivity contribution in [1.29, 1.82) is 0 Å². The Morgan fingerprint density at radius 1 is 0.828 bits per heavy atom. The molecule has 0 N–H and O–H groups in total. The largest absolute Gasteiger partial charge is 0.272 e. The van der Waals surface area contributed by atoms with Crippen molar-refractivity contribution >= 4 is 11.5 Å². The van der Waals surface area contributed by atoms with Crippen molar-refractivity contribution in [2.75, 3.05) is 6.54 Å². The molecule has 0 saturated heterocycles. The van der Waals surface area contributed by atoms with Crippen LogP contribution in [-0.2, 0) is 0 Å². The van der Waals surface area contributed by atoms with Crippen molar-refractivity contribution in [3.05, 3.63) is 114 Å². The lowest BCUT2D eigenvalue weighted by atomic mass is 9.94. The zero-order chi connectivity index (χ0) is 20.1. The van der Waals surface area contributed by atoms with Gasteiger partial charge in [-0.2, -0.15) is 0 Å². The minimum atomic E-state index is 0.00793. The van der Waals surface area contributed by atoms with Gasteiger partial charge in [0.1, 0.15) is 0 Å². The van der Waals surface area contributed by atoms with Crippen molar-refractivity contribution in [2.45, 2.75) is 25.8 Å². The Balaban J connectivity index is 1.80. The van der Waals surface area contributed by atoms with Gasteiger partial charge < -0.3 is 0 Å². The van der Waals surface area contributed by atoms with Crippen LogP contribution in [0.3, 0.4) is 0 Å². The molecule has 0 radical (unpaired) electrons. The summed E-state index contributed by atoms with van der Waals surface area (Å²) in [6.45, 7) is 3.00. The molecule has 0 bridgehead atoms. The molecule has 3 aromatic rings. The molecule has 29 heavy (non-hydrogen) atoms. The van der Waals surface area contributed by atoms with Gasteiger partial charge in [-0.15, -0.1) is 0 Å². The third kappa shape index (κ3) is 4.01. The van der Waals surface area contributed by atoms with Gasteiger partial charge in [-0.05, 0) is 29.7 Å². The van der Waals surface area contributed by atoms with Gasteiger partial charge in [0.25, 0.3) is 5.91 Å². The first-order chi connectivity index (χ1) is 14.3. The van der Waals surface area contributed by atoms with Crippen LogP contribution in [0.5, 0.6) is 0 Å². The van der Waals surface area contributed by atoms with Gasteiger partial charge in [-0.25, -0.2) is 10.0 Å². The third-order valence-electron chi connectivity index (χ3n) is 5.32. The lowest BCUT2D eigenvalue weighted by Gasteiger charge is -2.33. The first-order valence-corrected chi connectivity index (χ1v) is 10.3. The fourth-order valence-electron chi connectivity index (χ4n) is 3.86. The van der Waals surface area contributed by atoms with Gasteiger partial charge in [0.05, 0.1) is 6.04 Å². The van der Waals surface area contributed by atoms with E-state index in [0.717, 1.165) is 30.5 Å². The Kier molecular flexibility index (Phi) is 5.87. The lowest BCUT2D eigenvalue weighted by molar-refractivity contribution is 0.0149. The van der Waals surface area contributed by atoms with E-state index in [9.17, 15) is 4.79 Å². The summed E-state index contributed by atoms with van der Waals surface area (Å²) < 4.78 is 0. The molecule has 4 rings (SSSR count). The van der Waals surface area contributed by atoms with Crippen molar-refractivity contribution in [1.82, 2.24) is 10.0 Å². The smallest absolute Gasteiger partial charge is 0.267 e. The van der Waals surface area contributed by atoms with E-state index in [1.807, 2.05) is 53.7 Å². The number of hydrazine groups is 1. The second-order valence-electron chi connectivity index (χ2n) is 7.30. The number of carbonyl (C=O) groups is 1. The molecule has 1 atom stereocenters. The number of carbonyl (C=O) groups excluding carboxylic acids is 1. The number of benzene rings is 3. The number of nitrogens with zero attached hydrogens (tertiary/aromatic N) is 2.